The summed E-state index contributed by atoms with van der Waals surface area (Å²) in [4.78, 5) is 24.3. The quantitative estimate of drug-likeness (QED) is 0.598. The summed E-state index contributed by atoms with van der Waals surface area (Å²) in [6.45, 7) is 11.7. The van der Waals surface area contributed by atoms with Gasteiger partial charge in [0.25, 0.3) is 5.91 Å². The van der Waals surface area contributed by atoms with Gasteiger partial charge in [-0.2, -0.15) is 0 Å². The van der Waals surface area contributed by atoms with Crippen molar-refractivity contribution in [3.8, 4) is 0 Å². The molecule has 1 atom stereocenters. The van der Waals surface area contributed by atoms with Crippen LogP contribution in [0.15, 0.2) is 42.0 Å². The average molecular weight is 441 g/mol. The normalized spacial score (nSPS) is 16.5. The number of hydrogen-bond acceptors (Lipinski definition) is 6. The van der Waals surface area contributed by atoms with E-state index in [2.05, 4.69) is 46.9 Å². The summed E-state index contributed by atoms with van der Waals surface area (Å²) >= 11 is 3.14. The minimum atomic E-state index is -0.0340. The first-order chi connectivity index (χ1) is 14.6. The minimum Gasteiger partial charge on any atom is -0.313 e. The van der Waals surface area contributed by atoms with Crippen LogP contribution < -0.4 is 5.32 Å². The first-order valence-corrected chi connectivity index (χ1v) is 12.1. The molecule has 4 heterocycles. The molecule has 1 amide bonds. The summed E-state index contributed by atoms with van der Waals surface area (Å²) < 4.78 is 0. The van der Waals surface area contributed by atoms with Crippen molar-refractivity contribution in [1.29, 1.82) is 0 Å². The lowest BCUT2D eigenvalue weighted by Crippen LogP contribution is -2.47. The van der Waals surface area contributed by atoms with Crippen LogP contribution in [0.5, 0.6) is 0 Å². The first-order valence-electron chi connectivity index (χ1n) is 10.4. The van der Waals surface area contributed by atoms with Gasteiger partial charge >= 0.3 is 0 Å². The van der Waals surface area contributed by atoms with E-state index >= 15 is 0 Å². The second-order valence-corrected chi connectivity index (χ2v) is 9.79. The van der Waals surface area contributed by atoms with Crippen LogP contribution >= 0.6 is 22.7 Å². The lowest BCUT2D eigenvalue weighted by atomic mass is 9.95. The maximum absolute atomic E-state index is 12.8. The molecule has 30 heavy (non-hydrogen) atoms. The van der Waals surface area contributed by atoms with E-state index < -0.39 is 0 Å². The van der Waals surface area contributed by atoms with Crippen LogP contribution in [0.25, 0.3) is 0 Å². The Balaban J connectivity index is 1.72. The standard InChI is InChI=1S/C23H28N4OS2/c1-4-26-10-12-27(13-11-26)21(18-7-5-9-24-15-18)20-16(2)17(3)30-23(20)25-22(28)19-8-6-14-29-19/h5-9,14-15,21H,4,10-13H2,1-3H3,(H,25,28). The Bertz CT molecular complexity index is 976. The Kier molecular flexibility index (Phi) is 6.63. The van der Waals surface area contributed by atoms with Crippen LogP contribution in [-0.4, -0.2) is 53.4 Å². The largest absolute Gasteiger partial charge is 0.313 e. The Morgan fingerprint density at radius 1 is 1.20 bits per heavy atom. The molecule has 7 heteroatoms. The number of anilines is 1. The lowest BCUT2D eigenvalue weighted by molar-refractivity contribution is 0.102. The van der Waals surface area contributed by atoms with E-state index in [1.54, 1.807) is 11.3 Å². The highest BCUT2D eigenvalue weighted by Gasteiger charge is 2.31. The molecule has 158 valence electrons. The van der Waals surface area contributed by atoms with Crippen molar-refractivity contribution in [2.45, 2.75) is 26.8 Å². The van der Waals surface area contributed by atoms with E-state index in [1.165, 1.54) is 32.9 Å². The fraction of sp³-hybridized carbons (Fsp3) is 0.391. The maximum atomic E-state index is 12.8. The average Bonchev–Trinajstić information content (AvgIpc) is 3.40. The smallest absolute Gasteiger partial charge is 0.266 e. The van der Waals surface area contributed by atoms with E-state index in [1.807, 2.05) is 36.0 Å². The molecule has 1 aliphatic heterocycles. The number of piperazine rings is 1. The molecular formula is C23H28N4OS2. The van der Waals surface area contributed by atoms with E-state index in [-0.39, 0.29) is 11.9 Å². The van der Waals surface area contributed by atoms with Crippen LogP contribution in [0.1, 0.15) is 44.2 Å². The monoisotopic (exact) mass is 440 g/mol. The van der Waals surface area contributed by atoms with Gasteiger partial charge in [-0.15, -0.1) is 22.7 Å². The lowest BCUT2D eigenvalue weighted by Gasteiger charge is -2.39. The van der Waals surface area contributed by atoms with Gasteiger partial charge < -0.3 is 10.2 Å². The Hall–Kier alpha value is -2.06. The molecule has 1 unspecified atom stereocenters. The molecule has 0 aliphatic carbocycles. The van der Waals surface area contributed by atoms with Crippen molar-refractivity contribution in [3.63, 3.8) is 0 Å². The number of nitrogens with one attached hydrogen (secondary N) is 1. The number of carbonyl (C=O) groups is 1. The summed E-state index contributed by atoms with van der Waals surface area (Å²) in [5.74, 6) is -0.0340. The Morgan fingerprint density at radius 3 is 2.63 bits per heavy atom. The van der Waals surface area contributed by atoms with Crippen molar-refractivity contribution in [3.05, 3.63) is 68.5 Å². The van der Waals surface area contributed by atoms with Crippen LogP contribution in [0.3, 0.4) is 0 Å². The molecule has 0 spiro atoms. The number of pyridine rings is 1. The summed E-state index contributed by atoms with van der Waals surface area (Å²) in [6.07, 6.45) is 3.79. The summed E-state index contributed by atoms with van der Waals surface area (Å²) in [5.41, 5.74) is 3.64. The SMILES string of the molecule is CCN1CCN(C(c2cccnc2)c2c(NC(=O)c3cccs3)sc(C)c2C)CC1. The van der Waals surface area contributed by atoms with Gasteiger partial charge in [0.15, 0.2) is 0 Å². The van der Waals surface area contributed by atoms with Gasteiger partial charge in [-0.05, 0) is 49.0 Å². The number of rotatable bonds is 6. The van der Waals surface area contributed by atoms with Gasteiger partial charge in [0.2, 0.25) is 0 Å². The molecule has 0 saturated carbocycles. The molecule has 4 rings (SSSR count). The number of aryl methyl sites for hydroxylation is 1. The third-order valence-electron chi connectivity index (χ3n) is 5.90. The molecule has 0 bridgehead atoms. The van der Waals surface area contributed by atoms with Crippen molar-refractivity contribution < 1.29 is 4.79 Å². The third-order valence-corrected chi connectivity index (χ3v) is 7.90. The van der Waals surface area contributed by atoms with Gasteiger partial charge in [-0.1, -0.05) is 19.1 Å². The van der Waals surface area contributed by atoms with Gasteiger partial charge in [0.1, 0.15) is 5.00 Å². The fourth-order valence-electron chi connectivity index (χ4n) is 4.07. The van der Waals surface area contributed by atoms with Gasteiger partial charge in [-0.3, -0.25) is 14.7 Å². The topological polar surface area (TPSA) is 48.5 Å². The highest BCUT2D eigenvalue weighted by molar-refractivity contribution is 7.17. The Labute approximate surface area is 186 Å². The maximum Gasteiger partial charge on any atom is 0.266 e. The van der Waals surface area contributed by atoms with Crippen molar-refractivity contribution in [1.82, 2.24) is 14.8 Å². The third kappa shape index (κ3) is 4.34. The number of aromatic nitrogens is 1. The van der Waals surface area contributed by atoms with E-state index in [4.69, 9.17) is 0 Å². The van der Waals surface area contributed by atoms with E-state index in [9.17, 15) is 4.79 Å². The summed E-state index contributed by atoms with van der Waals surface area (Å²) in [7, 11) is 0. The zero-order chi connectivity index (χ0) is 21.1. The second-order valence-electron chi connectivity index (χ2n) is 7.62. The zero-order valence-electron chi connectivity index (χ0n) is 17.7. The molecule has 1 saturated heterocycles. The number of carbonyl (C=O) groups excluding carboxylic acids is 1. The zero-order valence-corrected chi connectivity index (χ0v) is 19.4. The van der Waals surface area contributed by atoms with Crippen LogP contribution in [0, 0.1) is 13.8 Å². The Morgan fingerprint density at radius 2 is 2.00 bits per heavy atom. The number of nitrogens with zero attached hydrogens (tertiary/aromatic N) is 3. The van der Waals surface area contributed by atoms with Crippen LogP contribution in [0.2, 0.25) is 0 Å². The highest BCUT2D eigenvalue weighted by Crippen LogP contribution is 2.42. The number of hydrogen-bond donors (Lipinski definition) is 1. The van der Waals surface area contributed by atoms with E-state index in [0.717, 1.165) is 42.6 Å². The van der Waals surface area contributed by atoms with Crippen LogP contribution in [-0.2, 0) is 0 Å². The molecule has 1 N–H and O–H groups in total. The van der Waals surface area contributed by atoms with Crippen molar-refractivity contribution in [2.75, 3.05) is 38.0 Å². The summed E-state index contributed by atoms with van der Waals surface area (Å²) in [5, 5.41) is 6.11. The second kappa shape index (κ2) is 9.39. The molecule has 1 aliphatic rings. The van der Waals surface area contributed by atoms with Gasteiger partial charge in [0.05, 0.1) is 10.9 Å². The van der Waals surface area contributed by atoms with E-state index in [0.29, 0.717) is 0 Å². The number of amides is 1. The number of likely N-dealkylation sites (N-methyl/N-ethyl adjacent to an activating group) is 1. The highest BCUT2D eigenvalue weighted by atomic mass is 32.1. The molecule has 3 aromatic heterocycles. The molecule has 0 radical (unpaired) electrons. The van der Waals surface area contributed by atoms with Crippen molar-refractivity contribution in [2.24, 2.45) is 0 Å². The molecule has 0 aromatic carbocycles. The predicted octanol–water partition coefficient (Wildman–Crippen LogP) is 4.80. The number of thiophene rings is 2. The molecular weight excluding hydrogens is 412 g/mol. The predicted molar refractivity (Wildman–Crippen MR) is 126 cm³/mol. The van der Waals surface area contributed by atoms with Crippen LogP contribution in [0.4, 0.5) is 5.00 Å². The fourth-order valence-corrected chi connectivity index (χ4v) is 5.78. The minimum absolute atomic E-state index is 0.0340. The van der Waals surface area contributed by atoms with Gasteiger partial charge in [0, 0.05) is 49.0 Å². The molecule has 5 nitrogen and oxygen atoms in total. The molecule has 1 fully saturated rings. The van der Waals surface area contributed by atoms with Gasteiger partial charge in [-0.25, -0.2) is 0 Å². The first kappa shape index (κ1) is 21.2. The van der Waals surface area contributed by atoms with Crippen molar-refractivity contribution >= 4 is 33.6 Å². The summed E-state index contributed by atoms with van der Waals surface area (Å²) in [6, 6.07) is 8.03. The molecule has 3 aromatic rings.